The van der Waals surface area contributed by atoms with Gasteiger partial charge in [-0.3, -0.25) is 9.59 Å². The highest BCUT2D eigenvalue weighted by molar-refractivity contribution is 8.26. The Bertz CT molecular complexity index is 549. The fourth-order valence-electron chi connectivity index (χ4n) is 1.37. The van der Waals surface area contributed by atoms with E-state index in [-0.39, 0.29) is 11.9 Å². The molecule has 0 spiro atoms. The van der Waals surface area contributed by atoms with Crippen molar-refractivity contribution in [1.82, 2.24) is 5.32 Å². The van der Waals surface area contributed by atoms with Crippen molar-refractivity contribution < 1.29 is 14.3 Å². The zero-order chi connectivity index (χ0) is 13.1. The number of thioether (sulfide) groups is 1. The summed E-state index contributed by atoms with van der Waals surface area (Å²) in [5, 5.41) is 2.54. The molecule has 2 rings (SSSR count). The van der Waals surface area contributed by atoms with Crippen LogP contribution in [0.3, 0.4) is 0 Å². The summed E-state index contributed by atoms with van der Waals surface area (Å²) < 4.78 is 5.37. The molecule has 0 saturated carbocycles. The molecule has 6 heteroatoms. The largest absolute Gasteiger partial charge is 0.427 e. The summed E-state index contributed by atoms with van der Waals surface area (Å²) in [6.07, 6.45) is 1.73. The first-order valence-corrected chi connectivity index (χ1v) is 6.30. The second-order valence-electron chi connectivity index (χ2n) is 3.51. The van der Waals surface area contributed by atoms with Crippen molar-refractivity contribution in [2.75, 3.05) is 0 Å². The number of nitrogens with one attached hydrogen (secondary N) is 1. The molecule has 0 aliphatic carbocycles. The molecule has 1 aliphatic rings. The number of hydrogen-bond donors (Lipinski definition) is 1. The summed E-state index contributed by atoms with van der Waals surface area (Å²) in [5.74, 6) is -0.0741. The van der Waals surface area contributed by atoms with Gasteiger partial charge in [0.25, 0.3) is 5.91 Å². The average Bonchev–Trinajstić information content (AvgIpc) is 2.59. The van der Waals surface area contributed by atoms with Crippen LogP contribution in [0.15, 0.2) is 29.2 Å². The zero-order valence-electron chi connectivity index (χ0n) is 9.43. The summed E-state index contributed by atoms with van der Waals surface area (Å²) in [6.45, 7) is 1.34. The molecule has 1 fully saturated rings. The monoisotopic (exact) mass is 279 g/mol. The lowest BCUT2D eigenvalue weighted by Gasteiger charge is -2.01. The summed E-state index contributed by atoms with van der Waals surface area (Å²) in [6, 6.07) is 6.87. The van der Waals surface area contributed by atoms with Crippen molar-refractivity contribution in [1.29, 1.82) is 0 Å². The maximum Gasteiger partial charge on any atom is 0.308 e. The number of thiocarbonyl (C=S) groups is 1. The molecule has 0 aromatic heterocycles. The van der Waals surface area contributed by atoms with E-state index in [0.29, 0.717) is 15.0 Å². The average molecular weight is 279 g/mol. The topological polar surface area (TPSA) is 55.4 Å². The van der Waals surface area contributed by atoms with Gasteiger partial charge in [0.15, 0.2) is 0 Å². The second-order valence-corrected chi connectivity index (χ2v) is 5.23. The minimum absolute atomic E-state index is 0.186. The van der Waals surface area contributed by atoms with Crippen LogP contribution in [0.5, 0.6) is 5.75 Å². The van der Waals surface area contributed by atoms with Gasteiger partial charge in [0.1, 0.15) is 10.1 Å². The van der Waals surface area contributed by atoms with Gasteiger partial charge < -0.3 is 10.1 Å². The van der Waals surface area contributed by atoms with Crippen LogP contribution in [0.2, 0.25) is 0 Å². The zero-order valence-corrected chi connectivity index (χ0v) is 11.1. The highest BCUT2D eigenvalue weighted by Crippen LogP contribution is 2.26. The standard InChI is InChI=1S/C12H9NO3S2/c1-7(14)16-9-4-2-8(3-5-9)6-10-11(15)13-12(17)18-10/h2-6H,1H3,(H,13,15,17). The third-order valence-electron chi connectivity index (χ3n) is 2.08. The number of ether oxygens (including phenoxy) is 1. The van der Waals surface area contributed by atoms with Crippen LogP contribution in [0.25, 0.3) is 6.08 Å². The van der Waals surface area contributed by atoms with E-state index in [1.54, 1.807) is 30.3 Å². The van der Waals surface area contributed by atoms with Crippen molar-refractivity contribution in [3.05, 3.63) is 34.7 Å². The molecule has 1 amide bonds. The van der Waals surface area contributed by atoms with E-state index in [1.807, 2.05) is 0 Å². The molecular weight excluding hydrogens is 270 g/mol. The number of hydrogen-bond acceptors (Lipinski definition) is 5. The van der Waals surface area contributed by atoms with E-state index in [4.69, 9.17) is 17.0 Å². The van der Waals surface area contributed by atoms with Crippen LogP contribution >= 0.6 is 24.0 Å². The Morgan fingerprint density at radius 3 is 2.56 bits per heavy atom. The van der Waals surface area contributed by atoms with E-state index < -0.39 is 0 Å². The molecule has 92 valence electrons. The maximum atomic E-state index is 11.4. The molecule has 18 heavy (non-hydrogen) atoms. The molecule has 0 unspecified atom stereocenters. The Kier molecular flexibility index (Phi) is 3.78. The molecule has 1 saturated heterocycles. The molecule has 1 aromatic carbocycles. The van der Waals surface area contributed by atoms with Gasteiger partial charge >= 0.3 is 5.97 Å². The van der Waals surface area contributed by atoms with Gasteiger partial charge in [-0.25, -0.2) is 0 Å². The molecule has 1 N–H and O–H groups in total. The molecule has 1 heterocycles. The number of benzene rings is 1. The predicted octanol–water partition coefficient (Wildman–Crippen LogP) is 2.10. The van der Waals surface area contributed by atoms with Crippen LogP contribution in [0.4, 0.5) is 0 Å². The van der Waals surface area contributed by atoms with E-state index in [1.165, 1.54) is 18.7 Å². The van der Waals surface area contributed by atoms with Gasteiger partial charge in [-0.05, 0) is 23.8 Å². The highest BCUT2D eigenvalue weighted by atomic mass is 32.2. The number of carbonyl (C=O) groups is 2. The van der Waals surface area contributed by atoms with Crippen molar-refractivity contribution in [2.24, 2.45) is 0 Å². The quantitative estimate of drug-likeness (QED) is 0.389. The summed E-state index contributed by atoms with van der Waals surface area (Å²) in [4.78, 5) is 22.8. The molecular formula is C12H9NO3S2. The van der Waals surface area contributed by atoms with Crippen molar-refractivity contribution in [3.63, 3.8) is 0 Å². The summed E-state index contributed by atoms with van der Waals surface area (Å²) in [7, 11) is 0. The third kappa shape index (κ3) is 3.18. The first-order valence-electron chi connectivity index (χ1n) is 5.08. The van der Waals surface area contributed by atoms with Crippen LogP contribution in [0, 0.1) is 0 Å². The number of rotatable bonds is 2. The molecule has 1 aliphatic heterocycles. The van der Waals surface area contributed by atoms with E-state index in [9.17, 15) is 9.59 Å². The second kappa shape index (κ2) is 5.32. The molecule has 4 nitrogen and oxygen atoms in total. The van der Waals surface area contributed by atoms with E-state index in [0.717, 1.165) is 5.56 Å². The van der Waals surface area contributed by atoms with Crippen LogP contribution in [-0.4, -0.2) is 16.2 Å². The Balaban J connectivity index is 2.15. The lowest BCUT2D eigenvalue weighted by atomic mass is 10.2. The highest BCUT2D eigenvalue weighted by Gasteiger charge is 2.21. The minimum atomic E-state index is -0.364. The van der Waals surface area contributed by atoms with Gasteiger partial charge in [0.05, 0.1) is 4.91 Å². The first kappa shape index (κ1) is 12.8. The van der Waals surface area contributed by atoms with Gasteiger partial charge in [-0.2, -0.15) is 0 Å². The van der Waals surface area contributed by atoms with Gasteiger partial charge in [-0.1, -0.05) is 36.1 Å². The third-order valence-corrected chi connectivity index (χ3v) is 3.24. The Morgan fingerprint density at radius 1 is 1.39 bits per heavy atom. The van der Waals surface area contributed by atoms with Gasteiger partial charge in [0, 0.05) is 6.92 Å². The lowest BCUT2D eigenvalue weighted by molar-refractivity contribution is -0.131. The summed E-state index contributed by atoms with van der Waals surface area (Å²) >= 11 is 6.12. The normalized spacial score (nSPS) is 16.8. The lowest BCUT2D eigenvalue weighted by Crippen LogP contribution is -2.17. The number of amides is 1. The fourth-order valence-corrected chi connectivity index (χ4v) is 2.41. The SMILES string of the molecule is CC(=O)Oc1ccc(C=C2SC(=S)NC2=O)cc1. The molecule has 0 bridgehead atoms. The van der Waals surface area contributed by atoms with Crippen LogP contribution in [-0.2, 0) is 9.59 Å². The smallest absolute Gasteiger partial charge is 0.308 e. The number of carbonyl (C=O) groups excluding carboxylic acids is 2. The molecule has 0 radical (unpaired) electrons. The fraction of sp³-hybridized carbons (Fsp3) is 0.0833. The van der Waals surface area contributed by atoms with E-state index >= 15 is 0 Å². The molecule has 1 aromatic rings. The Labute approximate surface area is 113 Å². The van der Waals surface area contributed by atoms with Crippen molar-refractivity contribution in [2.45, 2.75) is 6.92 Å². The first-order chi connectivity index (χ1) is 8.54. The number of esters is 1. The van der Waals surface area contributed by atoms with Crippen LogP contribution in [0.1, 0.15) is 12.5 Å². The van der Waals surface area contributed by atoms with Gasteiger partial charge in [-0.15, -0.1) is 0 Å². The van der Waals surface area contributed by atoms with Crippen molar-refractivity contribution in [3.8, 4) is 5.75 Å². The Morgan fingerprint density at radius 2 is 2.06 bits per heavy atom. The van der Waals surface area contributed by atoms with Crippen molar-refractivity contribution >= 4 is 46.3 Å². The van der Waals surface area contributed by atoms with Gasteiger partial charge in [0.2, 0.25) is 0 Å². The Hall–Kier alpha value is -1.66. The van der Waals surface area contributed by atoms with E-state index in [2.05, 4.69) is 5.32 Å². The summed E-state index contributed by atoms with van der Waals surface area (Å²) in [5.41, 5.74) is 0.841. The molecule has 0 atom stereocenters. The van der Waals surface area contributed by atoms with Crippen LogP contribution < -0.4 is 10.1 Å². The predicted molar refractivity (Wildman–Crippen MR) is 74.1 cm³/mol. The minimum Gasteiger partial charge on any atom is -0.427 e. The maximum absolute atomic E-state index is 11.4.